The van der Waals surface area contributed by atoms with Gasteiger partial charge in [-0.1, -0.05) is 116 Å². The van der Waals surface area contributed by atoms with Crippen LogP contribution in [0, 0.1) is 33.0 Å². The second kappa shape index (κ2) is 31.8. The molecule has 9 fully saturated rings. The number of nitrogens with zero attached hydrogens (tertiary/aromatic N) is 7. The first-order chi connectivity index (χ1) is 56.2. The highest BCUT2D eigenvalue weighted by Gasteiger charge is 2.62. The Balaban J connectivity index is 0.000000107. The number of likely N-dealkylation sites (tertiary alicyclic amines) is 1. The lowest BCUT2D eigenvalue weighted by atomic mass is 9.52. The molecule has 0 bridgehead atoms. The number of amides is 1. The highest BCUT2D eigenvalue weighted by atomic mass is 35.5. The van der Waals surface area contributed by atoms with Crippen LogP contribution in [0.2, 0.25) is 30.1 Å². The summed E-state index contributed by atoms with van der Waals surface area (Å²) >= 11 is 36.7. The number of aliphatic hydroxyl groups is 6. The summed E-state index contributed by atoms with van der Waals surface area (Å²) in [7, 11) is 0. The van der Waals surface area contributed by atoms with E-state index in [1.807, 2.05) is 76.2 Å². The van der Waals surface area contributed by atoms with Gasteiger partial charge in [-0.3, -0.25) is 30.6 Å². The molecule has 9 aliphatic rings. The first-order valence-electron chi connectivity index (χ1n) is 41.5. The van der Waals surface area contributed by atoms with E-state index in [1.54, 1.807) is 80.2 Å². The summed E-state index contributed by atoms with van der Waals surface area (Å²) in [6.07, 6.45) is 29.7. The van der Waals surface area contributed by atoms with Crippen molar-refractivity contribution < 1.29 is 49.0 Å². The van der Waals surface area contributed by atoms with Crippen molar-refractivity contribution in [2.45, 2.75) is 248 Å². The fourth-order valence-electron chi connectivity index (χ4n) is 21.7. The summed E-state index contributed by atoms with van der Waals surface area (Å²) in [6.45, 7) is 14.2. The van der Waals surface area contributed by atoms with E-state index < -0.39 is 57.5 Å². The number of ether oxygens (including phenoxy) is 1. The van der Waals surface area contributed by atoms with Gasteiger partial charge in [-0.25, -0.2) is 13.6 Å². The van der Waals surface area contributed by atoms with E-state index in [9.17, 15) is 44.2 Å². The van der Waals surface area contributed by atoms with Crippen LogP contribution in [0.3, 0.4) is 0 Å². The number of nitrogens with one attached hydrogen (secondary N) is 6. The lowest BCUT2D eigenvalue weighted by Crippen LogP contribution is -2.55. The van der Waals surface area contributed by atoms with Gasteiger partial charge in [0.15, 0.2) is 0 Å². The number of carbonyl (C=O) groups excluding carboxylic acids is 1. The lowest BCUT2D eigenvalue weighted by molar-refractivity contribution is -0.153. The van der Waals surface area contributed by atoms with Gasteiger partial charge in [0.2, 0.25) is 0 Å². The molecule has 12 aromatic rings. The second-order valence-electron chi connectivity index (χ2n) is 38.6. The minimum Gasteiger partial charge on any atom is -0.444 e. The van der Waals surface area contributed by atoms with Crippen molar-refractivity contribution >= 4 is 141 Å². The summed E-state index contributed by atoms with van der Waals surface area (Å²) in [5, 5.41) is 116. The lowest BCUT2D eigenvalue weighted by Gasteiger charge is -2.56. The van der Waals surface area contributed by atoms with Crippen LogP contribution in [0.5, 0.6) is 0 Å². The molecule has 0 radical (unpaired) electrons. The van der Waals surface area contributed by atoms with Gasteiger partial charge in [0, 0.05) is 114 Å². The van der Waals surface area contributed by atoms with E-state index in [4.69, 9.17) is 74.3 Å². The van der Waals surface area contributed by atoms with Crippen molar-refractivity contribution in [3.05, 3.63) is 173 Å². The molecule has 3 atom stereocenters. The molecule has 8 aliphatic carbocycles. The number of benzene rings is 6. The largest absolute Gasteiger partial charge is 0.444 e. The van der Waals surface area contributed by atoms with Crippen molar-refractivity contribution in [1.29, 1.82) is 0 Å². The Hall–Kier alpha value is -7.23. The molecule has 12 N–H and O–H groups in total. The number of piperidine rings is 1. The zero-order chi connectivity index (χ0) is 84.4. The van der Waals surface area contributed by atoms with Gasteiger partial charge in [0.05, 0.1) is 105 Å². The molecule has 3 unspecified atom stereocenters. The third-order valence-corrected chi connectivity index (χ3v) is 28.7. The molecule has 119 heavy (non-hydrogen) atoms. The Morgan fingerprint density at radius 1 is 0.412 bits per heavy atom. The monoisotopic (exact) mass is 1740 g/mol. The Morgan fingerprint density at radius 2 is 0.714 bits per heavy atom. The van der Waals surface area contributed by atoms with Crippen molar-refractivity contribution in [3.8, 4) is 0 Å². The van der Waals surface area contributed by atoms with E-state index in [0.29, 0.717) is 104 Å². The fraction of sp³-hybridized carbons (Fsp3) is 0.522. The molecule has 634 valence electrons. The average molecular weight is 1750 g/mol. The Bertz CT molecular complexity index is 5710. The maximum Gasteiger partial charge on any atom is 0.410 e. The summed E-state index contributed by atoms with van der Waals surface area (Å²) in [4.78, 5) is 14.0. The van der Waals surface area contributed by atoms with Crippen molar-refractivity contribution in [1.82, 2.24) is 66.1 Å². The van der Waals surface area contributed by atoms with Crippen molar-refractivity contribution in [2.75, 3.05) is 13.1 Å². The number of H-pyrrole nitrogens is 6. The van der Waals surface area contributed by atoms with Crippen LogP contribution in [0.25, 0.3) is 65.4 Å². The minimum atomic E-state index is -1.18. The molecule has 8 saturated carbocycles. The van der Waals surface area contributed by atoms with E-state index in [-0.39, 0.29) is 22.8 Å². The molecule has 3 spiro atoms. The summed E-state index contributed by atoms with van der Waals surface area (Å²) in [6, 6.07) is 22.0. The van der Waals surface area contributed by atoms with E-state index in [1.165, 1.54) is 57.8 Å². The molecule has 1 aliphatic heterocycles. The van der Waals surface area contributed by atoms with Gasteiger partial charge in [-0.2, -0.15) is 30.6 Å². The van der Waals surface area contributed by atoms with E-state index >= 15 is 0 Å². The van der Waals surface area contributed by atoms with Gasteiger partial charge in [0.25, 0.3) is 0 Å². The Labute approximate surface area is 719 Å². The molecule has 1 saturated heterocycles. The van der Waals surface area contributed by atoms with Gasteiger partial charge in [0.1, 0.15) is 16.9 Å². The molecule has 7 heterocycles. The third-order valence-electron chi connectivity index (χ3n) is 27.4. The molecule has 6 aromatic carbocycles. The predicted octanol–water partition coefficient (Wildman–Crippen LogP) is 22.3. The fourth-order valence-corrected chi connectivity index (χ4v) is 23.1. The normalized spacial score (nSPS) is 26.5. The molecule has 21 nitrogen and oxygen atoms in total. The second-order valence-corrected chi connectivity index (χ2v) is 41.3. The smallest absolute Gasteiger partial charge is 0.410 e. The number of fused-ring (bicyclic) bond motifs is 6. The van der Waals surface area contributed by atoms with Crippen molar-refractivity contribution in [2.24, 2.45) is 33.0 Å². The molecular formula is C90H105Cl6F2N13O8. The first-order valence-corrected chi connectivity index (χ1v) is 43.8. The third kappa shape index (κ3) is 17.5. The maximum atomic E-state index is 13.8. The minimum absolute atomic E-state index is 0.0390. The number of rotatable bonds is 9. The molecule has 29 heteroatoms. The van der Waals surface area contributed by atoms with Gasteiger partial charge in [-0.15, -0.1) is 0 Å². The van der Waals surface area contributed by atoms with Crippen LogP contribution < -0.4 is 0 Å². The number of alkyl halides is 2. The van der Waals surface area contributed by atoms with Crippen LogP contribution >= 0.6 is 69.6 Å². The number of aliphatic hydroxyl groups excluding tert-OH is 3. The summed E-state index contributed by atoms with van der Waals surface area (Å²) in [5.41, 5.74) is 5.36. The number of carbonyl (C=O) groups is 1. The number of hydrogen-bond acceptors (Lipinski definition) is 14. The zero-order valence-corrected chi connectivity index (χ0v) is 72.6. The maximum absolute atomic E-state index is 13.8. The van der Waals surface area contributed by atoms with Crippen LogP contribution in [0.15, 0.2) is 110 Å². The molecule has 1 amide bonds. The quantitative estimate of drug-likeness (QED) is 0.0639. The molecule has 6 aromatic heterocycles. The Kier molecular flexibility index (Phi) is 22.8. The molecular weight excluding hydrogens is 1640 g/mol. The van der Waals surface area contributed by atoms with Gasteiger partial charge in [-0.05, 0) is 251 Å². The number of halogens is 8. The highest BCUT2D eigenvalue weighted by molar-refractivity contribution is 6.33. The summed E-state index contributed by atoms with van der Waals surface area (Å²) in [5.74, 6) is -0.0510. The number of aromatic amines is 6. The van der Waals surface area contributed by atoms with Gasteiger partial charge >= 0.3 is 6.09 Å². The highest BCUT2D eigenvalue weighted by Crippen LogP contribution is 2.69. The van der Waals surface area contributed by atoms with Gasteiger partial charge < -0.3 is 40.3 Å². The number of hydrogen-bond donors (Lipinski definition) is 12. The SMILES string of the molecule is CC(C)(C)OC(=O)N1CCC2(CC1)CC(O)(c1cc(Cl)cc3cn[nH]c13)C2.CC1(C(O)c2cc(Cl)cc3cn[nH]c23)CCCC1.CC1(F)CC(C(O)c2cc(Cl)cc3cn[nH]c23)C1.CC1(F)CC(C)(C(O)c2cc(Cl)cc3cn[nH]c23)C1.OC1(c2cc(Cl)cc3cn[nH]c23)CC2(CC2)C1.OC1(c2cc(Cl)cc3cn[nH]c23)CC2(CCCCC2)C1. The van der Waals surface area contributed by atoms with Crippen LogP contribution in [0.1, 0.15) is 248 Å². The average Bonchev–Trinajstić information content (AvgIpc) is 1.60. The molecule has 21 rings (SSSR count). The van der Waals surface area contributed by atoms with Crippen LogP contribution in [-0.2, 0) is 21.5 Å². The topological polar surface area (TPSA) is 323 Å². The number of aromatic nitrogens is 12. The zero-order valence-electron chi connectivity index (χ0n) is 68.0. The predicted molar refractivity (Wildman–Crippen MR) is 463 cm³/mol. The van der Waals surface area contributed by atoms with E-state index in [2.05, 4.69) is 68.1 Å². The first kappa shape index (κ1) is 85.3. The Morgan fingerprint density at radius 3 is 1.06 bits per heavy atom. The van der Waals surface area contributed by atoms with Crippen LogP contribution in [-0.4, -0.2) is 133 Å². The standard InChI is InChI=1S/C20H26ClN3O3.C16H19ClN2O.C14H16ClFN2O.C14H17ClN2O.C13H14ClFN2O.C13H13ClN2O/c1-18(2,3)27-17(25)24-6-4-19(5-7-24)11-20(26,12-19)15-9-14(21)8-13-10-22-23-16(13)15;17-12-6-11-8-18-19-14(11)13(7-12)16(20)9-15(10-16)4-2-1-3-5-15;1-13(6-14(2,16)7-13)12(19)10-4-9(15)3-8-5-17-18-11(8)10;1-14(4-2-3-5-14)13(18)11-7-10(15)6-9-8-16-17-12(9)11;1-13(15)4-8(5-13)12(18)10-3-9(14)2-7-6-16-17-11(7)10;14-9-3-8-5-15-16-11(8)10(4-9)13(17)6-12(7-13)1-2-12/h8-10,26H,4-7,11-12H2,1-3H3,(H,22,23);6-8,20H,1-5,9-10H2,(H,18,19);3-5,12,19H,6-7H2,1-2H3,(H,17,18);6-8,13,18H,2-5H2,1H3,(H,16,17);2-3,6,8,12,18H,4-5H2,1H3,(H,16,17);3-5,17H,1-2,6-7H2,(H,15,16). The van der Waals surface area contributed by atoms with E-state index in [0.717, 1.165) is 139 Å². The summed E-state index contributed by atoms with van der Waals surface area (Å²) < 4.78 is 32.7. The van der Waals surface area contributed by atoms with Crippen LogP contribution in [0.4, 0.5) is 13.6 Å². The van der Waals surface area contributed by atoms with Crippen molar-refractivity contribution in [3.63, 3.8) is 0 Å².